The van der Waals surface area contributed by atoms with Crippen molar-refractivity contribution in [3.8, 4) is 0 Å². The van der Waals surface area contributed by atoms with Crippen LogP contribution in [0.5, 0.6) is 0 Å². The van der Waals surface area contributed by atoms with Crippen molar-refractivity contribution in [2.75, 3.05) is 5.73 Å². The molecule has 3 rings (SSSR count). The Balaban J connectivity index is 1.87. The van der Waals surface area contributed by atoms with Crippen molar-refractivity contribution in [1.29, 1.82) is 0 Å². The van der Waals surface area contributed by atoms with Crippen LogP contribution in [-0.4, -0.2) is 9.97 Å². The van der Waals surface area contributed by atoms with Crippen molar-refractivity contribution in [2.24, 2.45) is 5.92 Å². The summed E-state index contributed by atoms with van der Waals surface area (Å²) in [7, 11) is 0. The molecule has 1 heterocycles. The van der Waals surface area contributed by atoms with Crippen molar-refractivity contribution >= 4 is 21.7 Å². The van der Waals surface area contributed by atoms with Gasteiger partial charge in [0.05, 0.1) is 10.2 Å². The molecule has 18 heavy (non-hydrogen) atoms. The first-order valence-corrected chi connectivity index (χ1v) is 7.77. The summed E-state index contributed by atoms with van der Waals surface area (Å²) < 4.78 is 0.929. The molecule has 0 aromatic carbocycles. The van der Waals surface area contributed by atoms with Gasteiger partial charge in [0.25, 0.3) is 0 Å². The zero-order valence-corrected chi connectivity index (χ0v) is 12.4. The van der Waals surface area contributed by atoms with Gasteiger partial charge in [-0.2, -0.15) is 0 Å². The summed E-state index contributed by atoms with van der Waals surface area (Å²) in [6.07, 6.45) is 7.51. The molecule has 0 unspecified atom stereocenters. The zero-order valence-electron chi connectivity index (χ0n) is 10.8. The SMILES string of the molecule is CC1CCC(c2nc(N)c(Br)c(C3CC3)n2)CC1. The van der Waals surface area contributed by atoms with E-state index in [2.05, 4.69) is 27.8 Å². The Labute approximate surface area is 117 Å². The number of anilines is 1. The maximum absolute atomic E-state index is 6.02. The third-order valence-electron chi connectivity index (χ3n) is 4.26. The second-order valence-electron chi connectivity index (χ2n) is 5.90. The minimum absolute atomic E-state index is 0.522. The lowest BCUT2D eigenvalue weighted by Gasteiger charge is -2.25. The highest BCUT2D eigenvalue weighted by Crippen LogP contribution is 2.44. The molecule has 1 aromatic rings. The molecule has 3 nitrogen and oxygen atoms in total. The van der Waals surface area contributed by atoms with Gasteiger partial charge in [-0.25, -0.2) is 9.97 Å². The summed E-state index contributed by atoms with van der Waals surface area (Å²) in [4.78, 5) is 9.32. The van der Waals surface area contributed by atoms with E-state index in [-0.39, 0.29) is 0 Å². The molecule has 2 aliphatic carbocycles. The topological polar surface area (TPSA) is 51.8 Å². The fraction of sp³-hybridized carbons (Fsp3) is 0.714. The summed E-state index contributed by atoms with van der Waals surface area (Å²) in [6, 6.07) is 0. The number of hydrogen-bond acceptors (Lipinski definition) is 3. The van der Waals surface area contributed by atoms with Crippen LogP contribution in [0.25, 0.3) is 0 Å². The van der Waals surface area contributed by atoms with E-state index < -0.39 is 0 Å². The number of halogens is 1. The number of hydrogen-bond donors (Lipinski definition) is 1. The molecule has 2 N–H and O–H groups in total. The molecule has 0 spiro atoms. The monoisotopic (exact) mass is 309 g/mol. The molecule has 2 aliphatic rings. The Morgan fingerprint density at radius 3 is 2.22 bits per heavy atom. The highest BCUT2D eigenvalue weighted by atomic mass is 79.9. The van der Waals surface area contributed by atoms with Crippen LogP contribution in [0.3, 0.4) is 0 Å². The summed E-state index contributed by atoms with van der Waals surface area (Å²) in [5.41, 5.74) is 7.17. The highest BCUT2D eigenvalue weighted by molar-refractivity contribution is 9.10. The summed E-state index contributed by atoms with van der Waals surface area (Å²) in [5, 5.41) is 0. The summed E-state index contributed by atoms with van der Waals surface area (Å²) in [5.74, 6) is 3.61. The van der Waals surface area contributed by atoms with E-state index in [9.17, 15) is 0 Å². The Bertz CT molecular complexity index is 449. The van der Waals surface area contributed by atoms with Crippen LogP contribution >= 0.6 is 15.9 Å². The van der Waals surface area contributed by atoms with Crippen LogP contribution in [-0.2, 0) is 0 Å². The maximum Gasteiger partial charge on any atom is 0.141 e. The van der Waals surface area contributed by atoms with Crippen molar-refractivity contribution in [2.45, 2.75) is 57.3 Å². The van der Waals surface area contributed by atoms with Gasteiger partial charge in [-0.05, 0) is 47.5 Å². The van der Waals surface area contributed by atoms with Crippen LogP contribution in [0.4, 0.5) is 5.82 Å². The van der Waals surface area contributed by atoms with E-state index in [1.165, 1.54) is 38.5 Å². The first-order chi connectivity index (χ1) is 8.65. The lowest BCUT2D eigenvalue weighted by Crippen LogP contribution is -2.15. The number of nitrogen functional groups attached to an aromatic ring is 1. The third-order valence-corrected chi connectivity index (χ3v) is 5.08. The summed E-state index contributed by atoms with van der Waals surface area (Å²) >= 11 is 3.54. The fourth-order valence-electron chi connectivity index (χ4n) is 2.83. The van der Waals surface area contributed by atoms with Gasteiger partial charge in [-0.3, -0.25) is 0 Å². The number of nitrogens with two attached hydrogens (primary N) is 1. The van der Waals surface area contributed by atoms with E-state index >= 15 is 0 Å². The van der Waals surface area contributed by atoms with Gasteiger partial charge >= 0.3 is 0 Å². The molecular formula is C14H20BrN3. The molecule has 0 saturated heterocycles. The van der Waals surface area contributed by atoms with Crippen molar-refractivity contribution in [1.82, 2.24) is 9.97 Å². The number of aromatic nitrogens is 2. The Morgan fingerprint density at radius 1 is 1.00 bits per heavy atom. The number of nitrogens with zero attached hydrogens (tertiary/aromatic N) is 2. The highest BCUT2D eigenvalue weighted by Gasteiger charge is 2.30. The van der Waals surface area contributed by atoms with Crippen LogP contribution in [0.15, 0.2) is 4.47 Å². The van der Waals surface area contributed by atoms with Gasteiger partial charge in [0, 0.05) is 11.8 Å². The van der Waals surface area contributed by atoms with E-state index in [4.69, 9.17) is 10.7 Å². The van der Waals surface area contributed by atoms with Crippen LogP contribution in [0, 0.1) is 5.92 Å². The van der Waals surface area contributed by atoms with E-state index in [0.717, 1.165) is 21.9 Å². The minimum Gasteiger partial charge on any atom is -0.383 e. The average molecular weight is 310 g/mol. The third kappa shape index (κ3) is 2.40. The summed E-state index contributed by atoms with van der Waals surface area (Å²) in [6.45, 7) is 2.34. The molecule has 4 heteroatoms. The Morgan fingerprint density at radius 2 is 1.61 bits per heavy atom. The van der Waals surface area contributed by atoms with Gasteiger partial charge in [0.1, 0.15) is 11.6 Å². The molecule has 0 amide bonds. The van der Waals surface area contributed by atoms with E-state index in [1.807, 2.05) is 0 Å². The van der Waals surface area contributed by atoms with Gasteiger partial charge < -0.3 is 5.73 Å². The molecule has 2 saturated carbocycles. The van der Waals surface area contributed by atoms with Gasteiger partial charge in [-0.1, -0.05) is 19.8 Å². The Kier molecular flexibility index (Phi) is 3.31. The normalized spacial score (nSPS) is 28.3. The molecule has 0 bridgehead atoms. The molecule has 2 fully saturated rings. The zero-order chi connectivity index (χ0) is 12.7. The minimum atomic E-state index is 0.522. The molecule has 0 radical (unpaired) electrons. The first kappa shape index (κ1) is 12.4. The second-order valence-corrected chi connectivity index (χ2v) is 6.69. The largest absolute Gasteiger partial charge is 0.383 e. The van der Waals surface area contributed by atoms with E-state index in [1.54, 1.807) is 0 Å². The van der Waals surface area contributed by atoms with Gasteiger partial charge in [-0.15, -0.1) is 0 Å². The van der Waals surface area contributed by atoms with Crippen LogP contribution < -0.4 is 5.73 Å². The van der Waals surface area contributed by atoms with Crippen molar-refractivity contribution < 1.29 is 0 Å². The molecular weight excluding hydrogens is 290 g/mol. The van der Waals surface area contributed by atoms with Crippen molar-refractivity contribution in [3.63, 3.8) is 0 Å². The first-order valence-electron chi connectivity index (χ1n) is 6.98. The average Bonchev–Trinajstić information content (AvgIpc) is 3.18. The quantitative estimate of drug-likeness (QED) is 0.898. The van der Waals surface area contributed by atoms with Crippen LogP contribution in [0.2, 0.25) is 0 Å². The Hall–Kier alpha value is -0.640. The molecule has 1 aromatic heterocycles. The standard InChI is InChI=1S/C14H20BrN3/c1-8-2-4-10(5-3-8)14-17-12(9-6-7-9)11(15)13(16)18-14/h8-10H,2-7H2,1H3,(H2,16,17,18). The second kappa shape index (κ2) is 4.80. The fourth-order valence-corrected chi connectivity index (χ4v) is 3.33. The predicted octanol–water partition coefficient (Wildman–Crippen LogP) is 3.99. The van der Waals surface area contributed by atoms with Crippen molar-refractivity contribution in [3.05, 3.63) is 16.0 Å². The van der Waals surface area contributed by atoms with Gasteiger partial charge in [0.15, 0.2) is 0 Å². The maximum atomic E-state index is 6.02. The number of rotatable bonds is 2. The van der Waals surface area contributed by atoms with Gasteiger partial charge in [0.2, 0.25) is 0 Å². The molecule has 0 aliphatic heterocycles. The predicted molar refractivity (Wildman–Crippen MR) is 76.5 cm³/mol. The lowest BCUT2D eigenvalue weighted by atomic mass is 9.82. The molecule has 0 atom stereocenters. The van der Waals surface area contributed by atoms with E-state index in [0.29, 0.717) is 17.7 Å². The smallest absolute Gasteiger partial charge is 0.141 e. The lowest BCUT2D eigenvalue weighted by molar-refractivity contribution is 0.339. The molecule has 98 valence electrons. The van der Waals surface area contributed by atoms with Crippen LogP contribution in [0.1, 0.15) is 68.8 Å².